The highest BCUT2D eigenvalue weighted by atomic mass is 16.1. The number of rotatable bonds is 2. The Morgan fingerprint density at radius 1 is 0.935 bits per heavy atom. The standard InChI is InChI=1S/C24H24N6O/c1-14-9-18(5-7-25-14)19-11-20-13-29(8-6-21(20)26-12-19)24-17(4)16(3)23-27-15(2)10-22(31)30(23)28-24/h5,7,9-12H,6,8,13H2,1-4H3. The molecule has 0 N–H and O–H groups in total. The first-order valence-corrected chi connectivity index (χ1v) is 10.4. The van der Waals surface area contributed by atoms with E-state index in [0.29, 0.717) is 17.9 Å². The number of anilines is 1. The highest BCUT2D eigenvalue weighted by Crippen LogP contribution is 2.29. The first-order chi connectivity index (χ1) is 14.9. The summed E-state index contributed by atoms with van der Waals surface area (Å²) >= 11 is 0. The van der Waals surface area contributed by atoms with Crippen LogP contribution in [0.3, 0.4) is 0 Å². The van der Waals surface area contributed by atoms with Crippen molar-refractivity contribution in [3.63, 3.8) is 0 Å². The molecule has 4 aromatic heterocycles. The molecule has 0 saturated carbocycles. The number of nitrogens with zero attached hydrogens (tertiary/aromatic N) is 6. The fourth-order valence-corrected chi connectivity index (χ4v) is 4.23. The maximum Gasteiger partial charge on any atom is 0.274 e. The van der Waals surface area contributed by atoms with Crippen LogP contribution in [0.4, 0.5) is 5.82 Å². The van der Waals surface area contributed by atoms with E-state index in [-0.39, 0.29) is 5.56 Å². The van der Waals surface area contributed by atoms with Gasteiger partial charge in [0.25, 0.3) is 5.56 Å². The van der Waals surface area contributed by atoms with Crippen LogP contribution >= 0.6 is 0 Å². The van der Waals surface area contributed by atoms with Crippen LogP contribution in [0.5, 0.6) is 0 Å². The minimum atomic E-state index is -0.152. The molecule has 7 heteroatoms. The summed E-state index contributed by atoms with van der Waals surface area (Å²) in [6.07, 6.45) is 4.61. The quantitative estimate of drug-likeness (QED) is 0.503. The van der Waals surface area contributed by atoms with E-state index in [1.54, 1.807) is 0 Å². The van der Waals surface area contributed by atoms with Crippen molar-refractivity contribution in [3.05, 3.63) is 80.8 Å². The van der Waals surface area contributed by atoms with Gasteiger partial charge in [-0.15, -0.1) is 5.10 Å². The Labute approximate surface area is 180 Å². The summed E-state index contributed by atoms with van der Waals surface area (Å²) in [6.45, 7) is 9.39. The number of hydrogen-bond donors (Lipinski definition) is 0. The van der Waals surface area contributed by atoms with Gasteiger partial charge in [-0.25, -0.2) is 4.98 Å². The van der Waals surface area contributed by atoms with Crippen molar-refractivity contribution < 1.29 is 0 Å². The number of aryl methyl sites for hydroxylation is 3. The van der Waals surface area contributed by atoms with E-state index in [0.717, 1.165) is 52.4 Å². The van der Waals surface area contributed by atoms with Gasteiger partial charge < -0.3 is 4.90 Å². The van der Waals surface area contributed by atoms with Gasteiger partial charge in [-0.05, 0) is 57.0 Å². The van der Waals surface area contributed by atoms with Crippen molar-refractivity contribution >= 4 is 11.5 Å². The Kier molecular flexibility index (Phi) is 4.54. The van der Waals surface area contributed by atoms with Crippen LogP contribution < -0.4 is 10.5 Å². The summed E-state index contributed by atoms with van der Waals surface area (Å²) in [6, 6.07) is 7.82. The Morgan fingerprint density at radius 2 is 1.77 bits per heavy atom. The van der Waals surface area contributed by atoms with E-state index in [1.165, 1.54) is 16.1 Å². The van der Waals surface area contributed by atoms with Crippen LogP contribution in [0, 0.1) is 27.7 Å². The fraction of sp³-hybridized carbons (Fsp3) is 0.292. The Bertz CT molecular complexity index is 1390. The first kappa shape index (κ1) is 19.4. The highest BCUT2D eigenvalue weighted by molar-refractivity contribution is 5.65. The van der Waals surface area contributed by atoms with E-state index in [4.69, 9.17) is 10.1 Å². The van der Waals surface area contributed by atoms with E-state index >= 15 is 0 Å². The van der Waals surface area contributed by atoms with Crippen molar-refractivity contribution in [2.24, 2.45) is 0 Å². The van der Waals surface area contributed by atoms with E-state index in [9.17, 15) is 4.79 Å². The molecule has 0 bridgehead atoms. The third kappa shape index (κ3) is 3.36. The van der Waals surface area contributed by atoms with Gasteiger partial charge in [0.2, 0.25) is 0 Å². The highest BCUT2D eigenvalue weighted by Gasteiger charge is 2.23. The average molecular weight is 412 g/mol. The molecule has 5 rings (SSSR count). The number of fused-ring (bicyclic) bond motifs is 2. The normalized spacial score (nSPS) is 13.5. The molecule has 0 spiro atoms. The maximum absolute atomic E-state index is 12.6. The largest absolute Gasteiger partial charge is 0.350 e. The third-order valence-electron chi connectivity index (χ3n) is 6.02. The van der Waals surface area contributed by atoms with Gasteiger partial charge in [-0.3, -0.25) is 14.8 Å². The summed E-state index contributed by atoms with van der Waals surface area (Å²) in [7, 11) is 0. The molecule has 0 aliphatic carbocycles. The van der Waals surface area contributed by atoms with Crippen molar-refractivity contribution in [1.82, 2.24) is 24.6 Å². The molecule has 0 radical (unpaired) electrons. The lowest BCUT2D eigenvalue weighted by atomic mass is 10.00. The van der Waals surface area contributed by atoms with Crippen LogP contribution in [0.2, 0.25) is 0 Å². The molecule has 4 aromatic rings. The zero-order valence-corrected chi connectivity index (χ0v) is 18.2. The fourth-order valence-electron chi connectivity index (χ4n) is 4.23. The SMILES string of the molecule is Cc1cc(-c2cnc3c(c2)CN(c2nn4c(=O)cc(C)nc4c(C)c2C)CC3)ccn1. The molecule has 0 fully saturated rings. The van der Waals surface area contributed by atoms with Crippen LogP contribution in [-0.2, 0) is 13.0 Å². The second-order valence-electron chi connectivity index (χ2n) is 8.23. The topological polar surface area (TPSA) is 76.3 Å². The van der Waals surface area contributed by atoms with E-state index in [2.05, 4.69) is 33.9 Å². The van der Waals surface area contributed by atoms with Crippen molar-refractivity contribution in [3.8, 4) is 11.1 Å². The predicted molar refractivity (Wildman–Crippen MR) is 120 cm³/mol. The first-order valence-electron chi connectivity index (χ1n) is 10.4. The zero-order chi connectivity index (χ0) is 21.7. The van der Waals surface area contributed by atoms with Gasteiger partial charge in [0, 0.05) is 71.7 Å². The van der Waals surface area contributed by atoms with Gasteiger partial charge >= 0.3 is 0 Å². The number of aromatic nitrogens is 5. The molecule has 0 atom stereocenters. The lowest BCUT2D eigenvalue weighted by Crippen LogP contribution is -2.34. The van der Waals surface area contributed by atoms with Crippen molar-refractivity contribution in [2.45, 2.75) is 40.7 Å². The van der Waals surface area contributed by atoms with E-state index in [1.807, 2.05) is 39.2 Å². The van der Waals surface area contributed by atoms with Crippen LogP contribution in [0.15, 0.2) is 41.5 Å². The third-order valence-corrected chi connectivity index (χ3v) is 6.02. The van der Waals surface area contributed by atoms with Crippen LogP contribution in [-0.4, -0.2) is 31.1 Å². The molecule has 0 saturated heterocycles. The molecule has 1 aliphatic rings. The Morgan fingerprint density at radius 3 is 2.58 bits per heavy atom. The maximum atomic E-state index is 12.6. The van der Waals surface area contributed by atoms with Gasteiger partial charge in [0.15, 0.2) is 11.5 Å². The van der Waals surface area contributed by atoms with E-state index < -0.39 is 0 Å². The molecular weight excluding hydrogens is 388 g/mol. The second kappa shape index (κ2) is 7.27. The van der Waals surface area contributed by atoms with Crippen LogP contribution in [0.25, 0.3) is 16.8 Å². The summed E-state index contributed by atoms with van der Waals surface area (Å²) < 4.78 is 1.43. The van der Waals surface area contributed by atoms with Gasteiger partial charge in [-0.2, -0.15) is 4.52 Å². The second-order valence-corrected chi connectivity index (χ2v) is 8.23. The van der Waals surface area contributed by atoms with Gasteiger partial charge in [0.05, 0.1) is 0 Å². The molecule has 7 nitrogen and oxygen atoms in total. The summed E-state index contributed by atoms with van der Waals surface area (Å²) in [4.78, 5) is 28.4. The van der Waals surface area contributed by atoms with Crippen molar-refractivity contribution in [2.75, 3.05) is 11.4 Å². The molecule has 0 amide bonds. The molecular formula is C24H24N6O. The van der Waals surface area contributed by atoms with Gasteiger partial charge in [0.1, 0.15) is 0 Å². The molecule has 1 aliphatic heterocycles. The lowest BCUT2D eigenvalue weighted by Gasteiger charge is -2.31. The minimum Gasteiger partial charge on any atom is -0.350 e. The Hall–Kier alpha value is -3.61. The molecule has 5 heterocycles. The summed E-state index contributed by atoms with van der Waals surface area (Å²) in [5.41, 5.74) is 8.70. The van der Waals surface area contributed by atoms with Gasteiger partial charge in [-0.1, -0.05) is 0 Å². The average Bonchev–Trinajstić information content (AvgIpc) is 2.76. The minimum absolute atomic E-state index is 0.152. The smallest absolute Gasteiger partial charge is 0.274 e. The molecule has 0 aromatic carbocycles. The van der Waals surface area contributed by atoms with Crippen LogP contribution in [0.1, 0.15) is 33.8 Å². The molecule has 0 unspecified atom stereocenters. The Balaban J connectivity index is 1.56. The molecule has 31 heavy (non-hydrogen) atoms. The monoisotopic (exact) mass is 412 g/mol. The number of hydrogen-bond acceptors (Lipinski definition) is 6. The lowest BCUT2D eigenvalue weighted by molar-refractivity contribution is 0.684. The predicted octanol–water partition coefficient (Wildman–Crippen LogP) is 3.34. The summed E-state index contributed by atoms with van der Waals surface area (Å²) in [5, 5.41) is 4.70. The van der Waals surface area contributed by atoms with Crippen molar-refractivity contribution in [1.29, 1.82) is 0 Å². The zero-order valence-electron chi connectivity index (χ0n) is 18.2. The molecule has 156 valence electrons. The number of pyridine rings is 2. The summed E-state index contributed by atoms with van der Waals surface area (Å²) in [5.74, 6) is 0.827.